The number of aromatic nitrogens is 1. The molecule has 1 aliphatic rings. The van der Waals surface area contributed by atoms with Crippen molar-refractivity contribution in [2.75, 3.05) is 4.90 Å². The molecule has 1 saturated heterocycles. The topological polar surface area (TPSA) is 42.3 Å². The molecule has 2 heterocycles. The van der Waals surface area contributed by atoms with Crippen LogP contribution in [0.4, 0.5) is 10.5 Å². The standard InChI is InChI=1S/C27H19Cl3N2O2S/c1-2-16-4-3-5-22-18(15-31(25(16)22)14-17-6-7-20(29)13-23(17)30)12-24-26(33)32(27(34)35-24)21-10-8-19(28)9-11-21/h3-13,15H,2,14H2,1H3/b24-12-. The molecule has 0 spiro atoms. The van der Waals surface area contributed by atoms with E-state index in [0.717, 1.165) is 40.2 Å². The fourth-order valence-electron chi connectivity index (χ4n) is 4.25. The van der Waals surface area contributed by atoms with E-state index in [2.05, 4.69) is 17.6 Å². The highest BCUT2D eigenvalue weighted by Crippen LogP contribution is 2.38. The van der Waals surface area contributed by atoms with Crippen molar-refractivity contribution in [3.63, 3.8) is 0 Å². The predicted molar refractivity (Wildman–Crippen MR) is 147 cm³/mol. The Hall–Kier alpha value is -2.70. The summed E-state index contributed by atoms with van der Waals surface area (Å²) in [6.07, 6.45) is 4.65. The number of imide groups is 1. The van der Waals surface area contributed by atoms with E-state index in [1.54, 1.807) is 36.4 Å². The number of aryl methyl sites for hydroxylation is 1. The third kappa shape index (κ3) is 4.62. The highest BCUT2D eigenvalue weighted by molar-refractivity contribution is 8.19. The van der Waals surface area contributed by atoms with Gasteiger partial charge in [0.2, 0.25) is 0 Å². The van der Waals surface area contributed by atoms with Gasteiger partial charge in [-0.05, 0) is 71.8 Å². The molecular formula is C27H19Cl3N2O2S. The number of benzene rings is 3. The summed E-state index contributed by atoms with van der Waals surface area (Å²) in [6, 6.07) is 18.3. The molecule has 0 N–H and O–H groups in total. The van der Waals surface area contributed by atoms with Gasteiger partial charge in [-0.15, -0.1) is 0 Å². The summed E-state index contributed by atoms with van der Waals surface area (Å²) in [6.45, 7) is 2.65. The van der Waals surface area contributed by atoms with Gasteiger partial charge in [-0.25, -0.2) is 4.90 Å². The van der Waals surface area contributed by atoms with E-state index in [-0.39, 0.29) is 11.1 Å². The molecule has 4 nitrogen and oxygen atoms in total. The van der Waals surface area contributed by atoms with Crippen LogP contribution in [0.3, 0.4) is 0 Å². The van der Waals surface area contributed by atoms with Gasteiger partial charge in [-0.3, -0.25) is 9.59 Å². The molecule has 0 radical (unpaired) electrons. The molecule has 2 amide bonds. The number of hydrogen-bond acceptors (Lipinski definition) is 3. The molecule has 0 bridgehead atoms. The van der Waals surface area contributed by atoms with Crippen molar-refractivity contribution in [3.8, 4) is 0 Å². The highest BCUT2D eigenvalue weighted by atomic mass is 35.5. The SMILES string of the molecule is CCc1cccc2c(/C=C3\SC(=O)N(c4ccc(Cl)cc4)C3=O)cn(Cc3ccc(Cl)cc3Cl)c12. The van der Waals surface area contributed by atoms with Crippen molar-refractivity contribution in [2.45, 2.75) is 19.9 Å². The van der Waals surface area contributed by atoms with E-state index in [1.807, 2.05) is 30.5 Å². The molecule has 8 heteroatoms. The summed E-state index contributed by atoms with van der Waals surface area (Å²) in [7, 11) is 0. The van der Waals surface area contributed by atoms with Crippen molar-refractivity contribution in [3.05, 3.63) is 104 Å². The molecule has 0 saturated carbocycles. The molecule has 176 valence electrons. The lowest BCUT2D eigenvalue weighted by atomic mass is 10.1. The van der Waals surface area contributed by atoms with E-state index in [4.69, 9.17) is 34.8 Å². The molecule has 0 aliphatic carbocycles. The normalized spacial score (nSPS) is 15.1. The Labute approximate surface area is 222 Å². The number of hydrogen-bond donors (Lipinski definition) is 0. The Balaban J connectivity index is 1.57. The van der Waals surface area contributed by atoms with Crippen molar-refractivity contribution >= 4 is 80.4 Å². The smallest absolute Gasteiger partial charge is 0.298 e. The Morgan fingerprint density at radius 3 is 2.37 bits per heavy atom. The van der Waals surface area contributed by atoms with Gasteiger partial charge in [0.05, 0.1) is 16.1 Å². The first-order chi connectivity index (χ1) is 16.9. The maximum atomic E-state index is 13.2. The van der Waals surface area contributed by atoms with Crippen molar-refractivity contribution in [2.24, 2.45) is 0 Å². The van der Waals surface area contributed by atoms with E-state index in [9.17, 15) is 9.59 Å². The summed E-state index contributed by atoms with van der Waals surface area (Å²) in [5.41, 5.74) is 4.55. The van der Waals surface area contributed by atoms with Crippen LogP contribution in [0.5, 0.6) is 0 Å². The third-order valence-electron chi connectivity index (χ3n) is 5.91. The lowest BCUT2D eigenvalue weighted by Crippen LogP contribution is -2.27. The van der Waals surface area contributed by atoms with E-state index in [0.29, 0.717) is 32.2 Å². The molecule has 1 aromatic heterocycles. The number of nitrogens with zero attached hydrogens (tertiary/aromatic N) is 2. The van der Waals surface area contributed by atoms with Gasteiger partial charge in [0.15, 0.2) is 0 Å². The monoisotopic (exact) mass is 540 g/mol. The molecular weight excluding hydrogens is 523 g/mol. The zero-order valence-electron chi connectivity index (χ0n) is 18.6. The lowest BCUT2D eigenvalue weighted by molar-refractivity contribution is -0.113. The van der Waals surface area contributed by atoms with E-state index >= 15 is 0 Å². The second-order valence-corrected chi connectivity index (χ2v) is 10.4. The minimum Gasteiger partial charge on any atom is -0.342 e. The van der Waals surface area contributed by atoms with Crippen molar-refractivity contribution in [1.82, 2.24) is 4.57 Å². The summed E-state index contributed by atoms with van der Waals surface area (Å²) >= 11 is 19.4. The number of anilines is 1. The van der Waals surface area contributed by atoms with Crippen LogP contribution in [0, 0.1) is 0 Å². The molecule has 4 aromatic rings. The van der Waals surface area contributed by atoms with Crippen LogP contribution in [0.15, 0.2) is 71.8 Å². The number of carbonyl (C=O) groups is 2. The number of rotatable bonds is 5. The minimum atomic E-state index is -0.351. The van der Waals surface area contributed by atoms with E-state index < -0.39 is 0 Å². The molecule has 5 rings (SSSR count). The first kappa shape index (κ1) is 24.0. The largest absolute Gasteiger partial charge is 0.342 e. The summed E-state index contributed by atoms with van der Waals surface area (Å²) in [5, 5.41) is 2.39. The Morgan fingerprint density at radius 2 is 1.66 bits per heavy atom. The Kier molecular flexibility index (Phi) is 6.69. The first-order valence-corrected chi connectivity index (χ1v) is 12.9. The zero-order chi connectivity index (χ0) is 24.7. The number of thioether (sulfide) groups is 1. The molecule has 0 atom stereocenters. The Bertz CT molecular complexity index is 1510. The van der Waals surface area contributed by atoms with Gasteiger partial charge in [-0.2, -0.15) is 0 Å². The van der Waals surface area contributed by atoms with Crippen molar-refractivity contribution < 1.29 is 9.59 Å². The average Bonchev–Trinajstić information content (AvgIpc) is 3.32. The van der Waals surface area contributed by atoms with Gasteiger partial charge in [0, 0.05) is 38.8 Å². The molecule has 0 unspecified atom stereocenters. The molecule has 1 fully saturated rings. The molecule has 35 heavy (non-hydrogen) atoms. The number of para-hydroxylation sites is 1. The maximum Gasteiger partial charge on any atom is 0.298 e. The van der Waals surface area contributed by atoms with Crippen molar-refractivity contribution in [1.29, 1.82) is 0 Å². The zero-order valence-corrected chi connectivity index (χ0v) is 21.7. The van der Waals surface area contributed by atoms with Gasteiger partial charge >= 0.3 is 0 Å². The van der Waals surface area contributed by atoms with Crippen LogP contribution in [0.1, 0.15) is 23.6 Å². The van der Waals surface area contributed by atoms with Gasteiger partial charge in [0.1, 0.15) is 0 Å². The van der Waals surface area contributed by atoms with E-state index in [1.165, 1.54) is 10.5 Å². The summed E-state index contributed by atoms with van der Waals surface area (Å²) in [5.74, 6) is -0.351. The lowest BCUT2D eigenvalue weighted by Gasteiger charge is -2.12. The van der Waals surface area contributed by atoms with Crippen LogP contribution in [-0.2, 0) is 17.8 Å². The summed E-state index contributed by atoms with van der Waals surface area (Å²) < 4.78 is 2.14. The molecule has 3 aromatic carbocycles. The average molecular weight is 542 g/mol. The second-order valence-electron chi connectivity index (χ2n) is 8.11. The Morgan fingerprint density at radius 1 is 0.914 bits per heavy atom. The van der Waals surface area contributed by atoms with Crippen LogP contribution >= 0.6 is 46.6 Å². The number of carbonyl (C=O) groups excluding carboxylic acids is 2. The predicted octanol–water partition coefficient (Wildman–Crippen LogP) is 8.45. The highest BCUT2D eigenvalue weighted by Gasteiger charge is 2.36. The fraction of sp³-hybridized carbons (Fsp3) is 0.111. The second kappa shape index (κ2) is 9.75. The van der Waals surface area contributed by atoms with Crippen LogP contribution in [-0.4, -0.2) is 15.7 Å². The fourth-order valence-corrected chi connectivity index (χ4v) is 5.67. The van der Waals surface area contributed by atoms with Gasteiger partial charge in [-0.1, -0.05) is 66.0 Å². The molecule has 1 aliphatic heterocycles. The quantitative estimate of drug-likeness (QED) is 0.238. The number of amides is 2. The minimum absolute atomic E-state index is 0.338. The first-order valence-electron chi connectivity index (χ1n) is 10.9. The van der Waals surface area contributed by atoms with Gasteiger partial charge < -0.3 is 4.57 Å². The van der Waals surface area contributed by atoms with Crippen LogP contribution in [0.2, 0.25) is 15.1 Å². The third-order valence-corrected chi connectivity index (χ3v) is 7.62. The summed E-state index contributed by atoms with van der Waals surface area (Å²) in [4.78, 5) is 27.4. The number of halogens is 3. The van der Waals surface area contributed by atoms with Crippen LogP contribution < -0.4 is 4.90 Å². The maximum absolute atomic E-state index is 13.2. The van der Waals surface area contributed by atoms with Crippen LogP contribution in [0.25, 0.3) is 17.0 Å². The number of fused-ring (bicyclic) bond motifs is 1. The van der Waals surface area contributed by atoms with Gasteiger partial charge in [0.25, 0.3) is 11.1 Å².